The van der Waals surface area contributed by atoms with E-state index in [2.05, 4.69) is 86.6 Å². The Kier molecular flexibility index (Phi) is 5.81. The number of furan rings is 1. The Hall–Kier alpha value is -5.87. The normalized spacial score (nSPS) is 13.2. The number of nitrogens with zero attached hydrogens (tertiary/aromatic N) is 3. The van der Waals surface area contributed by atoms with E-state index < -0.39 is 0 Å². The van der Waals surface area contributed by atoms with Gasteiger partial charge in [-0.25, -0.2) is 15.0 Å². The maximum absolute atomic E-state index is 6.41. The number of hydrogen-bond donors (Lipinski definition) is 0. The fourth-order valence-corrected chi connectivity index (χ4v) is 6.93. The van der Waals surface area contributed by atoms with Crippen LogP contribution in [0.15, 0.2) is 144 Å². The lowest BCUT2D eigenvalue weighted by Gasteiger charge is -2.21. The largest absolute Gasteiger partial charge is 0.456 e. The Morgan fingerprint density at radius 3 is 1.70 bits per heavy atom. The van der Waals surface area contributed by atoms with Crippen LogP contribution in [-0.4, -0.2) is 15.0 Å². The van der Waals surface area contributed by atoms with Crippen molar-refractivity contribution in [2.75, 3.05) is 0 Å². The average molecular weight is 592 g/mol. The van der Waals surface area contributed by atoms with Crippen LogP contribution in [0, 0.1) is 0 Å². The maximum Gasteiger partial charge on any atom is 0.164 e. The molecule has 6 aromatic carbocycles. The van der Waals surface area contributed by atoms with E-state index in [1.54, 1.807) is 0 Å². The maximum atomic E-state index is 6.41. The van der Waals surface area contributed by atoms with Gasteiger partial charge in [-0.05, 0) is 63.7 Å². The van der Waals surface area contributed by atoms with Gasteiger partial charge in [-0.15, -0.1) is 0 Å². The Bertz CT molecular complexity index is 2380. The highest BCUT2D eigenvalue weighted by Gasteiger charge is 2.35. The van der Waals surface area contributed by atoms with Crippen molar-refractivity contribution in [3.63, 3.8) is 0 Å². The summed E-state index contributed by atoms with van der Waals surface area (Å²) in [7, 11) is 0. The summed E-state index contributed by atoms with van der Waals surface area (Å²) in [5, 5.41) is 2.15. The molecule has 0 bridgehead atoms. The van der Waals surface area contributed by atoms with Crippen LogP contribution in [0.4, 0.5) is 0 Å². The summed E-state index contributed by atoms with van der Waals surface area (Å²) in [6.07, 6.45) is 0. The zero-order valence-corrected chi connectivity index (χ0v) is 25.5. The molecule has 4 nitrogen and oxygen atoms in total. The highest BCUT2D eigenvalue weighted by atomic mass is 16.3. The lowest BCUT2D eigenvalue weighted by molar-refractivity contribution is 0.660. The minimum atomic E-state index is -0.00483. The van der Waals surface area contributed by atoms with Crippen LogP contribution in [0.5, 0.6) is 0 Å². The Morgan fingerprint density at radius 2 is 0.978 bits per heavy atom. The molecule has 0 aliphatic heterocycles. The first-order valence-corrected chi connectivity index (χ1v) is 15.6. The van der Waals surface area contributed by atoms with Gasteiger partial charge >= 0.3 is 0 Å². The summed E-state index contributed by atoms with van der Waals surface area (Å²) < 4.78 is 6.41. The van der Waals surface area contributed by atoms with E-state index in [1.165, 1.54) is 33.4 Å². The molecule has 9 rings (SSSR count). The molecule has 1 aliphatic carbocycles. The highest BCUT2D eigenvalue weighted by molar-refractivity contribution is 6.07. The van der Waals surface area contributed by atoms with E-state index in [4.69, 9.17) is 19.4 Å². The van der Waals surface area contributed by atoms with Gasteiger partial charge in [-0.3, -0.25) is 0 Å². The van der Waals surface area contributed by atoms with Crippen LogP contribution in [0.25, 0.3) is 78.4 Å². The second kappa shape index (κ2) is 10.1. The standard InChI is InChI=1S/C42H29N3O/c1-42(2)35-16-10-9-15-31(35)33-23-28(18-21-36(33)42)29-19-22-37-34(24-29)32-20-17-30(25-38(32)46-37)41-44-39(26-11-5-3-6-12-26)43-40(45-41)27-13-7-4-8-14-27/h3-25H,1-2H3. The van der Waals surface area contributed by atoms with Crippen molar-refractivity contribution in [1.82, 2.24) is 15.0 Å². The van der Waals surface area contributed by atoms with Crippen molar-refractivity contribution in [3.05, 3.63) is 151 Å². The van der Waals surface area contributed by atoms with Crippen molar-refractivity contribution < 1.29 is 4.42 Å². The fraction of sp³-hybridized carbons (Fsp3) is 0.0714. The lowest BCUT2D eigenvalue weighted by atomic mass is 9.82. The van der Waals surface area contributed by atoms with Crippen molar-refractivity contribution in [2.45, 2.75) is 19.3 Å². The molecular formula is C42H29N3O. The molecule has 4 heteroatoms. The minimum Gasteiger partial charge on any atom is -0.456 e. The summed E-state index contributed by atoms with van der Waals surface area (Å²) in [4.78, 5) is 14.6. The molecule has 46 heavy (non-hydrogen) atoms. The molecule has 1 aliphatic rings. The predicted octanol–water partition coefficient (Wildman–Crippen LogP) is 10.7. The molecule has 0 unspecified atom stereocenters. The molecule has 0 fully saturated rings. The number of hydrogen-bond acceptors (Lipinski definition) is 4. The SMILES string of the molecule is CC1(C)c2ccccc2-c2cc(-c3ccc4oc5cc(-c6nc(-c7ccccc7)nc(-c7ccccc7)n6)ccc5c4c3)ccc21. The minimum absolute atomic E-state index is 0.00483. The fourth-order valence-electron chi connectivity index (χ4n) is 6.93. The van der Waals surface area contributed by atoms with Gasteiger partial charge in [-0.2, -0.15) is 0 Å². The van der Waals surface area contributed by atoms with Crippen LogP contribution in [0.1, 0.15) is 25.0 Å². The lowest BCUT2D eigenvalue weighted by Crippen LogP contribution is -2.14. The monoisotopic (exact) mass is 591 g/mol. The number of rotatable bonds is 4. The number of aromatic nitrogens is 3. The van der Waals surface area contributed by atoms with Gasteiger partial charge in [0.15, 0.2) is 17.5 Å². The van der Waals surface area contributed by atoms with E-state index >= 15 is 0 Å². The number of fused-ring (bicyclic) bond motifs is 6. The number of benzene rings is 6. The average Bonchev–Trinajstić information content (AvgIpc) is 3.59. The zero-order valence-electron chi connectivity index (χ0n) is 25.5. The molecule has 0 saturated carbocycles. The van der Waals surface area contributed by atoms with Gasteiger partial charge in [0.05, 0.1) is 0 Å². The van der Waals surface area contributed by atoms with Crippen LogP contribution in [0.3, 0.4) is 0 Å². The molecular weight excluding hydrogens is 562 g/mol. The zero-order chi connectivity index (χ0) is 30.8. The first-order valence-electron chi connectivity index (χ1n) is 15.6. The summed E-state index contributed by atoms with van der Waals surface area (Å²) in [6.45, 7) is 4.63. The van der Waals surface area contributed by atoms with Crippen LogP contribution in [-0.2, 0) is 5.41 Å². The van der Waals surface area contributed by atoms with Gasteiger partial charge in [-0.1, -0.05) is 123 Å². The molecule has 0 radical (unpaired) electrons. The molecule has 2 heterocycles. The summed E-state index contributed by atoms with van der Waals surface area (Å²) in [5.74, 6) is 1.88. The first-order chi connectivity index (χ1) is 22.5. The van der Waals surface area contributed by atoms with Crippen molar-refractivity contribution >= 4 is 21.9 Å². The van der Waals surface area contributed by atoms with Gasteiger partial charge in [0, 0.05) is 32.9 Å². The third-order valence-corrected chi connectivity index (χ3v) is 9.35. The molecule has 0 spiro atoms. The van der Waals surface area contributed by atoms with E-state index in [0.717, 1.165) is 38.6 Å². The molecule has 218 valence electrons. The van der Waals surface area contributed by atoms with Crippen molar-refractivity contribution in [1.29, 1.82) is 0 Å². The van der Waals surface area contributed by atoms with Gasteiger partial charge in [0.25, 0.3) is 0 Å². The third kappa shape index (κ3) is 4.18. The van der Waals surface area contributed by atoms with Crippen LogP contribution >= 0.6 is 0 Å². The van der Waals surface area contributed by atoms with Crippen molar-refractivity contribution in [2.24, 2.45) is 0 Å². The quantitative estimate of drug-likeness (QED) is 0.204. The molecule has 2 aromatic heterocycles. The molecule has 8 aromatic rings. The van der Waals surface area contributed by atoms with E-state index in [0.29, 0.717) is 17.5 Å². The van der Waals surface area contributed by atoms with Crippen molar-refractivity contribution in [3.8, 4) is 56.4 Å². The van der Waals surface area contributed by atoms with Gasteiger partial charge in [0.1, 0.15) is 11.2 Å². The molecule has 0 amide bonds. The smallest absolute Gasteiger partial charge is 0.164 e. The second-order valence-corrected chi connectivity index (χ2v) is 12.5. The van der Waals surface area contributed by atoms with Gasteiger partial charge < -0.3 is 4.42 Å². The third-order valence-electron chi connectivity index (χ3n) is 9.35. The van der Waals surface area contributed by atoms with Crippen LogP contribution in [0.2, 0.25) is 0 Å². The molecule has 0 saturated heterocycles. The first kappa shape index (κ1) is 26.5. The second-order valence-electron chi connectivity index (χ2n) is 12.5. The van der Waals surface area contributed by atoms with E-state index in [-0.39, 0.29) is 5.41 Å². The summed E-state index contributed by atoms with van der Waals surface area (Å²) in [5.41, 5.74) is 12.2. The van der Waals surface area contributed by atoms with E-state index in [9.17, 15) is 0 Å². The molecule has 0 atom stereocenters. The van der Waals surface area contributed by atoms with Crippen LogP contribution < -0.4 is 0 Å². The highest BCUT2D eigenvalue weighted by Crippen LogP contribution is 2.49. The molecule has 0 N–H and O–H groups in total. The topological polar surface area (TPSA) is 51.8 Å². The predicted molar refractivity (Wildman–Crippen MR) is 186 cm³/mol. The van der Waals surface area contributed by atoms with E-state index in [1.807, 2.05) is 66.7 Å². The Labute approximate surface area is 267 Å². The summed E-state index contributed by atoms with van der Waals surface area (Å²) in [6, 6.07) is 48.5. The Balaban J connectivity index is 1.14. The Morgan fingerprint density at radius 1 is 0.413 bits per heavy atom. The summed E-state index contributed by atoms with van der Waals surface area (Å²) >= 11 is 0. The van der Waals surface area contributed by atoms with Gasteiger partial charge in [0.2, 0.25) is 0 Å².